The Bertz CT molecular complexity index is 612. The average molecular weight is 319 g/mol. The number of carbonyl (C=O) groups is 1. The van der Waals surface area contributed by atoms with Crippen LogP contribution < -0.4 is 10.8 Å². The Hall–Kier alpha value is -1.40. The van der Waals surface area contributed by atoms with Crippen LogP contribution in [0.25, 0.3) is 0 Å². The molecule has 3 rings (SSSR count). The molecule has 1 aromatic carbocycles. The molecule has 0 atom stereocenters. The highest BCUT2D eigenvalue weighted by Crippen LogP contribution is 2.36. The van der Waals surface area contributed by atoms with Crippen LogP contribution in [0.1, 0.15) is 46.1 Å². The minimum Gasteiger partial charge on any atom is -0.399 e. The molecule has 124 valence electrons. The maximum absolute atomic E-state index is 14.0. The van der Waals surface area contributed by atoms with Gasteiger partial charge in [-0.1, -0.05) is 12.1 Å². The summed E-state index contributed by atoms with van der Waals surface area (Å²) in [7, 11) is -0.550. The highest BCUT2D eigenvalue weighted by atomic mass is 19.1. The first-order valence-corrected chi connectivity index (χ1v) is 8.11. The second kappa shape index (κ2) is 5.60. The topological polar surface area (TPSA) is 47.6 Å². The summed E-state index contributed by atoms with van der Waals surface area (Å²) in [6.07, 6.45) is 2.07. The first-order valence-electron chi connectivity index (χ1n) is 8.11. The van der Waals surface area contributed by atoms with Gasteiger partial charge in [-0.2, -0.15) is 0 Å². The molecular formula is C17H23BFNO3. The molecule has 23 heavy (non-hydrogen) atoms. The van der Waals surface area contributed by atoms with Crippen molar-refractivity contribution in [3.63, 3.8) is 0 Å². The van der Waals surface area contributed by atoms with E-state index < -0.39 is 18.3 Å². The van der Waals surface area contributed by atoms with Crippen LogP contribution in [0, 0.1) is 5.82 Å². The Morgan fingerprint density at radius 1 is 1.26 bits per heavy atom. The van der Waals surface area contributed by atoms with Crippen molar-refractivity contribution in [3.05, 3.63) is 29.6 Å². The van der Waals surface area contributed by atoms with Crippen molar-refractivity contribution in [2.45, 2.75) is 64.2 Å². The summed E-state index contributed by atoms with van der Waals surface area (Å²) in [6.45, 7) is 7.89. The summed E-state index contributed by atoms with van der Waals surface area (Å²) in [6, 6.07) is 4.97. The normalized spacial score (nSPS) is 22.2. The lowest BCUT2D eigenvalue weighted by Crippen LogP contribution is -2.41. The molecule has 6 heteroatoms. The number of halogens is 1. The molecule has 0 aromatic heterocycles. The van der Waals surface area contributed by atoms with Crippen LogP contribution >= 0.6 is 0 Å². The van der Waals surface area contributed by atoms with Crippen molar-refractivity contribution >= 4 is 18.5 Å². The first kappa shape index (κ1) is 16.5. The fraction of sp³-hybridized carbons (Fsp3) is 0.588. The number of hydrogen-bond acceptors (Lipinski definition) is 3. The quantitative estimate of drug-likeness (QED) is 0.863. The Kier molecular flexibility index (Phi) is 4.01. The number of carbonyl (C=O) groups excluding carboxylic acids is 1. The summed E-state index contributed by atoms with van der Waals surface area (Å²) in [4.78, 5) is 11.9. The molecule has 2 fully saturated rings. The van der Waals surface area contributed by atoms with E-state index in [-0.39, 0.29) is 24.2 Å². The van der Waals surface area contributed by atoms with E-state index >= 15 is 0 Å². The van der Waals surface area contributed by atoms with Gasteiger partial charge >= 0.3 is 7.12 Å². The van der Waals surface area contributed by atoms with E-state index in [1.165, 1.54) is 6.07 Å². The molecule has 0 radical (unpaired) electrons. The summed E-state index contributed by atoms with van der Waals surface area (Å²) in [5, 5.41) is 2.88. The molecule has 1 saturated heterocycles. The Morgan fingerprint density at radius 3 is 2.43 bits per heavy atom. The van der Waals surface area contributed by atoms with Gasteiger partial charge in [0, 0.05) is 6.04 Å². The maximum Gasteiger partial charge on any atom is 0.494 e. The van der Waals surface area contributed by atoms with Gasteiger partial charge in [-0.15, -0.1) is 0 Å². The number of rotatable bonds is 4. The van der Waals surface area contributed by atoms with Crippen LogP contribution in [0.3, 0.4) is 0 Å². The molecular weight excluding hydrogens is 296 g/mol. The third-order valence-electron chi connectivity index (χ3n) is 4.89. The molecule has 2 aliphatic rings. The third-order valence-corrected chi connectivity index (χ3v) is 4.89. The zero-order valence-electron chi connectivity index (χ0n) is 14.1. The zero-order valence-corrected chi connectivity index (χ0v) is 14.1. The van der Waals surface area contributed by atoms with Gasteiger partial charge in [0.1, 0.15) is 5.82 Å². The Labute approximate surface area is 136 Å². The Morgan fingerprint density at radius 2 is 1.87 bits per heavy atom. The van der Waals surface area contributed by atoms with Gasteiger partial charge in [0.05, 0.1) is 17.6 Å². The van der Waals surface area contributed by atoms with Crippen molar-refractivity contribution in [1.82, 2.24) is 5.32 Å². The molecule has 1 saturated carbocycles. The molecule has 0 spiro atoms. The van der Waals surface area contributed by atoms with Crippen LogP contribution in [0.15, 0.2) is 18.2 Å². The third kappa shape index (κ3) is 3.43. The number of amides is 1. The van der Waals surface area contributed by atoms with Crippen LogP contribution in [-0.4, -0.2) is 30.3 Å². The van der Waals surface area contributed by atoms with E-state index in [0.717, 1.165) is 18.3 Å². The van der Waals surface area contributed by atoms with Gasteiger partial charge in [-0.3, -0.25) is 4.79 Å². The van der Waals surface area contributed by atoms with Gasteiger partial charge in [0.25, 0.3) is 0 Å². The molecule has 0 unspecified atom stereocenters. The van der Waals surface area contributed by atoms with Gasteiger partial charge in [0.15, 0.2) is 0 Å². The molecule has 1 aromatic rings. The van der Waals surface area contributed by atoms with E-state index in [4.69, 9.17) is 9.31 Å². The lowest BCUT2D eigenvalue weighted by atomic mass is 9.78. The number of hydrogen-bond donors (Lipinski definition) is 1. The van der Waals surface area contributed by atoms with E-state index in [9.17, 15) is 9.18 Å². The molecule has 1 N–H and O–H groups in total. The van der Waals surface area contributed by atoms with Crippen molar-refractivity contribution in [2.75, 3.05) is 0 Å². The average Bonchev–Trinajstić information content (AvgIpc) is 3.19. The van der Waals surface area contributed by atoms with E-state index in [1.54, 1.807) is 12.1 Å². The summed E-state index contributed by atoms with van der Waals surface area (Å²) >= 11 is 0. The summed E-state index contributed by atoms with van der Waals surface area (Å²) in [5.41, 5.74) is 0.208. The number of benzene rings is 1. The summed E-state index contributed by atoms with van der Waals surface area (Å²) < 4.78 is 26.0. The monoisotopic (exact) mass is 319 g/mol. The maximum atomic E-state index is 14.0. The largest absolute Gasteiger partial charge is 0.494 e. The molecule has 1 aliphatic carbocycles. The standard InChI is InChI=1S/C17H23BFNO3/c1-16(2)17(3,4)23-18(22-16)12-5-8-14(19)11(9-12)10-15(21)20-13-6-7-13/h5,8-9,13H,6-7,10H2,1-4H3,(H,20,21). The predicted molar refractivity (Wildman–Crippen MR) is 87.0 cm³/mol. The summed E-state index contributed by atoms with van der Waals surface area (Å²) in [5.74, 6) is -0.520. The van der Waals surface area contributed by atoms with Crippen LogP contribution in [0.4, 0.5) is 4.39 Å². The van der Waals surface area contributed by atoms with E-state index in [2.05, 4.69) is 5.32 Å². The second-order valence-electron chi connectivity index (χ2n) is 7.46. The first-order chi connectivity index (χ1) is 10.7. The van der Waals surface area contributed by atoms with Crippen LogP contribution in [-0.2, 0) is 20.5 Å². The highest BCUT2D eigenvalue weighted by Gasteiger charge is 2.51. The number of nitrogens with one attached hydrogen (secondary N) is 1. The van der Waals surface area contributed by atoms with Crippen molar-refractivity contribution in [1.29, 1.82) is 0 Å². The SMILES string of the molecule is CC1(C)OB(c2ccc(F)c(CC(=O)NC3CC3)c2)OC1(C)C. The fourth-order valence-corrected chi connectivity index (χ4v) is 2.54. The molecule has 0 bridgehead atoms. The Balaban J connectivity index is 1.76. The van der Waals surface area contributed by atoms with Gasteiger partial charge in [-0.05, 0) is 57.6 Å². The molecule has 1 heterocycles. The van der Waals surface area contributed by atoms with Crippen molar-refractivity contribution in [3.8, 4) is 0 Å². The lowest BCUT2D eigenvalue weighted by Gasteiger charge is -2.32. The van der Waals surface area contributed by atoms with Crippen LogP contribution in [0.2, 0.25) is 0 Å². The molecule has 1 amide bonds. The van der Waals surface area contributed by atoms with Crippen molar-refractivity contribution in [2.24, 2.45) is 0 Å². The van der Waals surface area contributed by atoms with Gasteiger partial charge < -0.3 is 14.6 Å². The van der Waals surface area contributed by atoms with Gasteiger partial charge in [-0.25, -0.2) is 4.39 Å². The van der Waals surface area contributed by atoms with Crippen LogP contribution in [0.5, 0.6) is 0 Å². The molecule has 4 nitrogen and oxygen atoms in total. The van der Waals surface area contributed by atoms with Crippen molar-refractivity contribution < 1.29 is 18.5 Å². The van der Waals surface area contributed by atoms with E-state index in [1.807, 2.05) is 27.7 Å². The van der Waals surface area contributed by atoms with E-state index in [0.29, 0.717) is 5.56 Å². The minimum atomic E-state index is -0.550. The second-order valence-corrected chi connectivity index (χ2v) is 7.46. The zero-order chi connectivity index (χ0) is 16.8. The fourth-order valence-electron chi connectivity index (χ4n) is 2.54. The minimum absolute atomic E-state index is 0.0374. The predicted octanol–water partition coefficient (Wildman–Crippen LogP) is 1.95. The highest BCUT2D eigenvalue weighted by molar-refractivity contribution is 6.62. The molecule has 1 aliphatic heterocycles. The van der Waals surface area contributed by atoms with Gasteiger partial charge in [0.2, 0.25) is 5.91 Å². The lowest BCUT2D eigenvalue weighted by molar-refractivity contribution is -0.120. The smallest absolute Gasteiger partial charge is 0.399 e.